The van der Waals surface area contributed by atoms with Gasteiger partial charge in [0.25, 0.3) is 0 Å². The van der Waals surface area contributed by atoms with Gasteiger partial charge in [0.1, 0.15) is 0 Å². The minimum Gasteiger partial charge on any atom is -0.316 e. The van der Waals surface area contributed by atoms with Gasteiger partial charge in [-0.25, -0.2) is 0 Å². The van der Waals surface area contributed by atoms with Gasteiger partial charge in [0.05, 0.1) is 0 Å². The van der Waals surface area contributed by atoms with Gasteiger partial charge in [0.15, 0.2) is 0 Å². The van der Waals surface area contributed by atoms with E-state index in [2.05, 4.69) is 26.1 Å². The minimum atomic E-state index is 0.539. The highest BCUT2D eigenvalue weighted by Gasteiger charge is 2.24. The molecule has 0 radical (unpaired) electrons. The zero-order chi connectivity index (χ0) is 6.91. The fraction of sp³-hybridized carbons (Fsp3) is 1.00. The topological polar surface area (TPSA) is 12.0 Å². The molecule has 0 aromatic rings. The standard InChI is InChI=1S/C8H17N/c1-7-4-8(2,3)6-9-5-7/h7,9H,4-6H2,1-3H3. The molecule has 1 heterocycles. The summed E-state index contributed by atoms with van der Waals surface area (Å²) in [6, 6.07) is 0. The number of rotatable bonds is 0. The lowest BCUT2D eigenvalue weighted by molar-refractivity contribution is 0.211. The van der Waals surface area contributed by atoms with E-state index >= 15 is 0 Å². The summed E-state index contributed by atoms with van der Waals surface area (Å²) in [5.41, 5.74) is 0.539. The predicted octanol–water partition coefficient (Wildman–Crippen LogP) is 1.64. The van der Waals surface area contributed by atoms with E-state index in [1.807, 2.05) is 0 Å². The molecule has 1 nitrogen and oxygen atoms in total. The summed E-state index contributed by atoms with van der Waals surface area (Å²) < 4.78 is 0. The molecule has 54 valence electrons. The average molecular weight is 127 g/mol. The van der Waals surface area contributed by atoms with Crippen molar-refractivity contribution < 1.29 is 0 Å². The first-order chi connectivity index (χ1) is 4.10. The first-order valence-electron chi connectivity index (χ1n) is 3.81. The Morgan fingerprint density at radius 1 is 1.44 bits per heavy atom. The van der Waals surface area contributed by atoms with Crippen LogP contribution < -0.4 is 5.32 Å². The molecular weight excluding hydrogens is 110 g/mol. The third-order valence-electron chi connectivity index (χ3n) is 2.00. The molecule has 0 amide bonds. The van der Waals surface area contributed by atoms with E-state index in [0.717, 1.165) is 5.92 Å². The largest absolute Gasteiger partial charge is 0.316 e. The predicted molar refractivity (Wildman–Crippen MR) is 40.4 cm³/mol. The van der Waals surface area contributed by atoms with Crippen LogP contribution in [0.4, 0.5) is 0 Å². The fourth-order valence-corrected chi connectivity index (χ4v) is 1.74. The Kier molecular flexibility index (Phi) is 1.80. The molecule has 1 aliphatic heterocycles. The maximum Gasteiger partial charge on any atom is 0.000274 e. The summed E-state index contributed by atoms with van der Waals surface area (Å²) in [5.74, 6) is 0.869. The van der Waals surface area contributed by atoms with Gasteiger partial charge < -0.3 is 5.32 Å². The summed E-state index contributed by atoms with van der Waals surface area (Å²) in [7, 11) is 0. The van der Waals surface area contributed by atoms with E-state index < -0.39 is 0 Å². The van der Waals surface area contributed by atoms with Crippen molar-refractivity contribution in [3.05, 3.63) is 0 Å². The molecule has 1 saturated heterocycles. The summed E-state index contributed by atoms with van der Waals surface area (Å²) in [4.78, 5) is 0. The normalized spacial score (nSPS) is 34.3. The SMILES string of the molecule is CC1CNCC(C)(C)C1. The Balaban J connectivity index is 2.41. The van der Waals surface area contributed by atoms with Crippen LogP contribution in [0, 0.1) is 11.3 Å². The van der Waals surface area contributed by atoms with Crippen LogP contribution in [0.3, 0.4) is 0 Å². The lowest BCUT2D eigenvalue weighted by Gasteiger charge is -2.34. The van der Waals surface area contributed by atoms with E-state index in [1.165, 1.54) is 19.5 Å². The van der Waals surface area contributed by atoms with E-state index in [-0.39, 0.29) is 0 Å². The molecule has 1 fully saturated rings. The second-order valence-corrected chi connectivity index (χ2v) is 4.10. The second kappa shape index (κ2) is 2.30. The van der Waals surface area contributed by atoms with Gasteiger partial charge in [-0.2, -0.15) is 0 Å². The van der Waals surface area contributed by atoms with Gasteiger partial charge in [-0.1, -0.05) is 20.8 Å². The summed E-state index contributed by atoms with van der Waals surface area (Å²) >= 11 is 0. The number of hydrogen-bond acceptors (Lipinski definition) is 1. The first kappa shape index (κ1) is 7.07. The zero-order valence-corrected chi connectivity index (χ0v) is 6.70. The van der Waals surface area contributed by atoms with Crippen molar-refractivity contribution >= 4 is 0 Å². The van der Waals surface area contributed by atoms with Gasteiger partial charge in [0, 0.05) is 6.54 Å². The van der Waals surface area contributed by atoms with Crippen LogP contribution in [0.5, 0.6) is 0 Å². The molecule has 0 aliphatic carbocycles. The molecule has 1 heteroatoms. The van der Waals surface area contributed by atoms with Crippen LogP contribution in [0.15, 0.2) is 0 Å². The maximum absolute atomic E-state index is 3.42. The molecule has 0 spiro atoms. The molecule has 1 aliphatic rings. The molecule has 1 N–H and O–H groups in total. The summed E-state index contributed by atoms with van der Waals surface area (Å²) in [5, 5.41) is 3.42. The number of nitrogens with one attached hydrogen (secondary N) is 1. The molecule has 1 unspecified atom stereocenters. The zero-order valence-electron chi connectivity index (χ0n) is 6.70. The molecule has 0 bridgehead atoms. The van der Waals surface area contributed by atoms with Gasteiger partial charge in [0.2, 0.25) is 0 Å². The Labute approximate surface area is 57.8 Å². The maximum atomic E-state index is 3.42. The third-order valence-corrected chi connectivity index (χ3v) is 2.00. The Morgan fingerprint density at radius 3 is 2.44 bits per heavy atom. The minimum absolute atomic E-state index is 0.539. The first-order valence-corrected chi connectivity index (χ1v) is 3.81. The van der Waals surface area contributed by atoms with Crippen LogP contribution in [-0.4, -0.2) is 13.1 Å². The van der Waals surface area contributed by atoms with Crippen LogP contribution in [-0.2, 0) is 0 Å². The highest BCUT2D eigenvalue weighted by Crippen LogP contribution is 2.27. The molecule has 0 aromatic heterocycles. The van der Waals surface area contributed by atoms with E-state index in [9.17, 15) is 0 Å². The molecule has 1 rings (SSSR count). The average Bonchev–Trinajstić information content (AvgIpc) is 1.60. The molecular formula is C8H17N. The van der Waals surface area contributed by atoms with Crippen LogP contribution in [0.1, 0.15) is 27.2 Å². The second-order valence-electron chi connectivity index (χ2n) is 4.10. The van der Waals surface area contributed by atoms with Crippen LogP contribution in [0.25, 0.3) is 0 Å². The molecule has 9 heavy (non-hydrogen) atoms. The Morgan fingerprint density at radius 2 is 2.11 bits per heavy atom. The number of piperidine rings is 1. The monoisotopic (exact) mass is 127 g/mol. The van der Waals surface area contributed by atoms with Gasteiger partial charge in [-0.15, -0.1) is 0 Å². The molecule has 1 atom stereocenters. The van der Waals surface area contributed by atoms with E-state index in [4.69, 9.17) is 0 Å². The van der Waals surface area contributed by atoms with E-state index in [1.54, 1.807) is 0 Å². The fourth-order valence-electron chi connectivity index (χ4n) is 1.74. The van der Waals surface area contributed by atoms with Gasteiger partial charge >= 0.3 is 0 Å². The van der Waals surface area contributed by atoms with Crippen LogP contribution >= 0.6 is 0 Å². The number of hydrogen-bond donors (Lipinski definition) is 1. The lowest BCUT2D eigenvalue weighted by atomic mass is 9.80. The summed E-state index contributed by atoms with van der Waals surface area (Å²) in [6.07, 6.45) is 1.38. The van der Waals surface area contributed by atoms with Crippen molar-refractivity contribution in [3.8, 4) is 0 Å². The molecule has 0 aromatic carbocycles. The van der Waals surface area contributed by atoms with Crippen molar-refractivity contribution in [2.45, 2.75) is 27.2 Å². The lowest BCUT2D eigenvalue weighted by Crippen LogP contribution is -2.40. The van der Waals surface area contributed by atoms with Crippen molar-refractivity contribution in [1.82, 2.24) is 5.32 Å². The van der Waals surface area contributed by atoms with Crippen molar-refractivity contribution in [1.29, 1.82) is 0 Å². The van der Waals surface area contributed by atoms with Crippen molar-refractivity contribution in [2.24, 2.45) is 11.3 Å². The highest BCUT2D eigenvalue weighted by atomic mass is 14.9. The van der Waals surface area contributed by atoms with Crippen molar-refractivity contribution in [2.75, 3.05) is 13.1 Å². The quantitative estimate of drug-likeness (QED) is 0.521. The van der Waals surface area contributed by atoms with Crippen LogP contribution in [0.2, 0.25) is 0 Å². The van der Waals surface area contributed by atoms with Gasteiger partial charge in [-0.3, -0.25) is 0 Å². The van der Waals surface area contributed by atoms with Crippen molar-refractivity contribution in [3.63, 3.8) is 0 Å². The highest BCUT2D eigenvalue weighted by molar-refractivity contribution is 4.79. The molecule has 0 saturated carbocycles. The Bertz CT molecular complexity index is 96.7. The Hall–Kier alpha value is -0.0400. The van der Waals surface area contributed by atoms with E-state index in [0.29, 0.717) is 5.41 Å². The third kappa shape index (κ3) is 1.98. The van der Waals surface area contributed by atoms with Gasteiger partial charge in [-0.05, 0) is 24.3 Å². The smallest absolute Gasteiger partial charge is 0.000274 e. The summed E-state index contributed by atoms with van der Waals surface area (Å²) in [6.45, 7) is 9.38.